The van der Waals surface area contributed by atoms with Crippen LogP contribution in [0.25, 0.3) is 10.9 Å². The molecule has 5 rings (SSSR count). The van der Waals surface area contributed by atoms with Gasteiger partial charge in [-0.05, 0) is 60.1 Å². The molecule has 0 spiro atoms. The number of carbonyl (C=O) groups is 4. The molecular formula is C42H46F5N3O5. The van der Waals surface area contributed by atoms with Gasteiger partial charge in [0.25, 0.3) is 0 Å². The summed E-state index contributed by atoms with van der Waals surface area (Å²) in [6.45, 7) is 7.25. The Kier molecular flexibility index (Phi) is 12.5. The quantitative estimate of drug-likeness (QED) is 0.0712. The Morgan fingerprint density at radius 3 is 2.18 bits per heavy atom. The second-order valence-electron chi connectivity index (χ2n) is 14.8. The topological polar surface area (TPSA) is 128 Å². The SMILES string of the molecule is CCC(C)[C@H](CC(=O)[C@@]1(NC(=O)[C@@H](CC(=O)Cc2ccccc2F)C(C)CC)CCc2[nH]c3c(C(F)(F)F)cccc3c2C1)C(=O)Nc1ccc(O)c(F)c1. The molecule has 0 bridgehead atoms. The maximum absolute atomic E-state index is 14.8. The van der Waals surface area contributed by atoms with E-state index in [1.54, 1.807) is 19.9 Å². The Morgan fingerprint density at radius 1 is 0.873 bits per heavy atom. The zero-order valence-corrected chi connectivity index (χ0v) is 31.2. The first-order valence-corrected chi connectivity index (χ1v) is 18.6. The lowest BCUT2D eigenvalue weighted by Gasteiger charge is -2.39. The van der Waals surface area contributed by atoms with E-state index in [1.165, 1.54) is 36.4 Å². The van der Waals surface area contributed by atoms with Crippen molar-refractivity contribution < 1.29 is 46.2 Å². The van der Waals surface area contributed by atoms with E-state index in [-0.39, 0.29) is 78.3 Å². The van der Waals surface area contributed by atoms with Crippen LogP contribution in [-0.4, -0.2) is 39.0 Å². The number of amides is 2. The number of ketones is 2. The van der Waals surface area contributed by atoms with E-state index in [9.17, 15) is 46.2 Å². The van der Waals surface area contributed by atoms with Crippen LogP contribution in [-0.2, 0) is 44.6 Å². The number of fused-ring (bicyclic) bond motifs is 3. The van der Waals surface area contributed by atoms with Crippen LogP contribution in [0, 0.1) is 35.3 Å². The van der Waals surface area contributed by atoms with Crippen molar-refractivity contribution >= 4 is 40.0 Å². The molecule has 0 fully saturated rings. The fraction of sp³-hybridized carbons (Fsp3) is 0.429. The standard InChI is InChI=1S/C42H46F5N3O5/c1-5-23(3)29(20-27(51)18-25-10-7-8-13-33(25)43)40(55)50-41(17-16-35-31(22-41)28-11-9-12-32(38(28)49-35)42(45,46)47)37(53)21-30(24(4)6-2)39(54)48-26-14-15-36(52)34(44)19-26/h7-15,19,23-24,29-30,49,52H,5-6,16-18,20-22H2,1-4H3,(H,48,54)(H,50,55)/t23?,24?,29-,30-,41+/m0/s1. The van der Waals surface area contributed by atoms with Crippen molar-refractivity contribution in [2.45, 2.75) is 90.8 Å². The predicted octanol–water partition coefficient (Wildman–Crippen LogP) is 8.64. The minimum absolute atomic E-state index is 0.00678. The van der Waals surface area contributed by atoms with Gasteiger partial charge >= 0.3 is 6.18 Å². The maximum Gasteiger partial charge on any atom is 0.418 e. The number of Topliss-reactive ketones (excluding diaryl/α,β-unsaturated/α-hetero) is 2. The third-order valence-corrected chi connectivity index (χ3v) is 11.3. The smallest absolute Gasteiger partial charge is 0.418 e. The van der Waals surface area contributed by atoms with Gasteiger partial charge in [-0.1, -0.05) is 70.9 Å². The number of halogens is 5. The van der Waals surface area contributed by atoms with Gasteiger partial charge in [-0.2, -0.15) is 13.2 Å². The Bertz CT molecular complexity index is 2080. The first-order chi connectivity index (χ1) is 26.0. The van der Waals surface area contributed by atoms with Gasteiger partial charge in [0.2, 0.25) is 11.8 Å². The van der Waals surface area contributed by atoms with Crippen LogP contribution in [0.2, 0.25) is 0 Å². The largest absolute Gasteiger partial charge is 0.505 e. The number of aryl methyl sites for hydroxylation is 1. The molecule has 1 heterocycles. The number of aromatic amines is 1. The Labute approximate surface area is 316 Å². The van der Waals surface area contributed by atoms with Gasteiger partial charge < -0.3 is 20.7 Å². The fourth-order valence-electron chi connectivity index (χ4n) is 7.51. The first-order valence-electron chi connectivity index (χ1n) is 18.6. The molecular weight excluding hydrogens is 721 g/mol. The maximum atomic E-state index is 14.8. The van der Waals surface area contributed by atoms with Crippen molar-refractivity contribution in [1.29, 1.82) is 0 Å². The number of phenols is 1. The fourth-order valence-corrected chi connectivity index (χ4v) is 7.51. The van der Waals surface area contributed by atoms with Crippen LogP contribution >= 0.6 is 0 Å². The molecule has 13 heteroatoms. The van der Waals surface area contributed by atoms with Crippen molar-refractivity contribution in [3.8, 4) is 5.75 Å². The van der Waals surface area contributed by atoms with Gasteiger partial charge in [0.1, 0.15) is 17.1 Å². The van der Waals surface area contributed by atoms with Crippen LogP contribution in [0.1, 0.15) is 82.2 Å². The highest BCUT2D eigenvalue weighted by atomic mass is 19.4. The molecule has 55 heavy (non-hydrogen) atoms. The molecule has 4 aromatic rings. The highest BCUT2D eigenvalue weighted by Crippen LogP contribution is 2.41. The van der Waals surface area contributed by atoms with E-state index in [4.69, 9.17) is 0 Å². The van der Waals surface area contributed by atoms with Gasteiger partial charge in [0.05, 0.1) is 11.1 Å². The average molecular weight is 768 g/mol. The second kappa shape index (κ2) is 16.7. The molecule has 1 aliphatic rings. The van der Waals surface area contributed by atoms with Gasteiger partial charge in [-0.25, -0.2) is 8.78 Å². The molecule has 1 aliphatic carbocycles. The number of nitrogens with one attached hydrogen (secondary N) is 3. The van der Waals surface area contributed by atoms with Crippen molar-refractivity contribution in [3.05, 3.63) is 94.7 Å². The number of H-pyrrole nitrogens is 1. The van der Waals surface area contributed by atoms with Crippen molar-refractivity contribution in [3.63, 3.8) is 0 Å². The Morgan fingerprint density at radius 2 is 1.55 bits per heavy atom. The number of hydrogen-bond acceptors (Lipinski definition) is 5. The summed E-state index contributed by atoms with van der Waals surface area (Å²) in [4.78, 5) is 59.2. The molecule has 1 aromatic heterocycles. The summed E-state index contributed by atoms with van der Waals surface area (Å²) in [5.41, 5.74) is -1.51. The number of para-hydroxylation sites is 1. The summed E-state index contributed by atoms with van der Waals surface area (Å²) < 4.78 is 70.8. The number of anilines is 1. The molecule has 3 aromatic carbocycles. The number of rotatable bonds is 15. The van der Waals surface area contributed by atoms with Gasteiger partial charge in [-0.3, -0.25) is 19.2 Å². The third kappa shape index (κ3) is 9.08. The second-order valence-corrected chi connectivity index (χ2v) is 14.8. The van der Waals surface area contributed by atoms with Crippen molar-refractivity contribution in [2.75, 3.05) is 5.32 Å². The van der Waals surface area contributed by atoms with E-state index >= 15 is 0 Å². The lowest BCUT2D eigenvalue weighted by Crippen LogP contribution is -2.60. The molecule has 0 saturated carbocycles. The molecule has 2 unspecified atom stereocenters. The lowest BCUT2D eigenvalue weighted by atomic mass is 9.72. The number of aromatic nitrogens is 1. The lowest BCUT2D eigenvalue weighted by molar-refractivity contribution is -0.138. The van der Waals surface area contributed by atoms with E-state index in [0.29, 0.717) is 24.1 Å². The number of carbonyl (C=O) groups excluding carboxylic acids is 4. The van der Waals surface area contributed by atoms with Crippen LogP contribution in [0.5, 0.6) is 5.75 Å². The number of alkyl halides is 3. The van der Waals surface area contributed by atoms with Gasteiger partial charge in [0, 0.05) is 60.4 Å². The van der Waals surface area contributed by atoms with Crippen LogP contribution < -0.4 is 10.6 Å². The van der Waals surface area contributed by atoms with E-state index in [2.05, 4.69) is 15.6 Å². The summed E-state index contributed by atoms with van der Waals surface area (Å²) in [7, 11) is 0. The molecule has 8 nitrogen and oxygen atoms in total. The third-order valence-electron chi connectivity index (χ3n) is 11.3. The van der Waals surface area contributed by atoms with Crippen molar-refractivity contribution in [1.82, 2.24) is 10.3 Å². The number of benzene rings is 3. The number of phenolic OH excluding ortho intramolecular Hbond substituents is 1. The molecule has 294 valence electrons. The summed E-state index contributed by atoms with van der Waals surface area (Å²) in [6.07, 6.45) is -4.63. The van der Waals surface area contributed by atoms with Crippen LogP contribution in [0.4, 0.5) is 27.6 Å². The van der Waals surface area contributed by atoms with E-state index in [1.807, 2.05) is 13.8 Å². The monoisotopic (exact) mass is 767 g/mol. The number of hydrogen-bond donors (Lipinski definition) is 4. The first kappa shape index (κ1) is 41.1. The van der Waals surface area contributed by atoms with Crippen molar-refractivity contribution in [2.24, 2.45) is 23.7 Å². The normalized spacial score (nSPS) is 17.8. The summed E-state index contributed by atoms with van der Waals surface area (Å²) in [5, 5.41) is 15.5. The summed E-state index contributed by atoms with van der Waals surface area (Å²) in [6, 6.07) is 13.0. The summed E-state index contributed by atoms with van der Waals surface area (Å²) >= 11 is 0. The van der Waals surface area contributed by atoms with Gasteiger partial charge in [-0.15, -0.1) is 0 Å². The summed E-state index contributed by atoms with van der Waals surface area (Å²) in [5.74, 6) is -6.81. The number of aromatic hydroxyl groups is 1. The zero-order chi connectivity index (χ0) is 40.2. The minimum Gasteiger partial charge on any atom is -0.505 e. The molecule has 0 aliphatic heterocycles. The minimum atomic E-state index is -4.66. The van der Waals surface area contributed by atoms with E-state index in [0.717, 1.165) is 18.2 Å². The molecule has 5 atom stereocenters. The highest BCUT2D eigenvalue weighted by Gasteiger charge is 2.47. The Hall–Kier alpha value is -5.07. The highest BCUT2D eigenvalue weighted by molar-refractivity contribution is 6.01. The molecule has 0 saturated heterocycles. The van der Waals surface area contributed by atoms with Crippen LogP contribution in [0.15, 0.2) is 60.7 Å². The molecule has 4 N–H and O–H groups in total. The Balaban J connectivity index is 1.51. The average Bonchev–Trinajstić information content (AvgIpc) is 3.51. The zero-order valence-electron chi connectivity index (χ0n) is 31.2. The van der Waals surface area contributed by atoms with Gasteiger partial charge in [0.15, 0.2) is 17.3 Å². The van der Waals surface area contributed by atoms with Crippen LogP contribution in [0.3, 0.4) is 0 Å². The molecule has 2 amide bonds. The van der Waals surface area contributed by atoms with E-state index < -0.39 is 64.1 Å². The predicted molar refractivity (Wildman–Crippen MR) is 198 cm³/mol. The molecule has 0 radical (unpaired) electrons.